The number of hydrogen-bond donors (Lipinski definition) is 1. The van der Waals surface area contributed by atoms with E-state index in [4.69, 9.17) is 10.5 Å². The van der Waals surface area contributed by atoms with Crippen LogP contribution in [0.15, 0.2) is 72.8 Å². The molecule has 4 nitrogen and oxygen atoms in total. The second-order valence-corrected chi connectivity index (χ2v) is 5.72. The molecule has 4 heteroatoms. The van der Waals surface area contributed by atoms with Crippen molar-refractivity contribution in [3.8, 4) is 23.3 Å². The topological polar surface area (TPSA) is 76.7 Å². The van der Waals surface area contributed by atoms with Gasteiger partial charge in [0.25, 0.3) is 5.91 Å². The third-order valence-corrected chi connectivity index (χ3v) is 4.06. The lowest BCUT2D eigenvalue weighted by Gasteiger charge is -2.11. The van der Waals surface area contributed by atoms with Crippen LogP contribution in [0.1, 0.15) is 27.0 Å². The molecule has 3 aromatic rings. The van der Waals surface area contributed by atoms with Gasteiger partial charge < -0.3 is 5.32 Å². The summed E-state index contributed by atoms with van der Waals surface area (Å²) in [5.74, 6) is -0.191. The molecule has 0 aliphatic heterocycles. The Hall–Kier alpha value is -3.89. The van der Waals surface area contributed by atoms with E-state index in [0.29, 0.717) is 23.2 Å². The molecule has 124 valence electrons. The number of carbonyl (C=O) groups excluding carboxylic acids is 1. The highest BCUT2D eigenvalue weighted by Gasteiger charge is 2.08. The number of nitrogens with zero attached hydrogens (tertiary/aromatic N) is 2. The van der Waals surface area contributed by atoms with Gasteiger partial charge >= 0.3 is 0 Å². The van der Waals surface area contributed by atoms with E-state index in [1.54, 1.807) is 36.4 Å². The first kappa shape index (κ1) is 17.0. The Kier molecular flexibility index (Phi) is 5.08. The molecule has 0 unspecified atom stereocenters. The lowest BCUT2D eigenvalue weighted by Crippen LogP contribution is -2.23. The zero-order valence-electron chi connectivity index (χ0n) is 13.9. The Labute approximate surface area is 152 Å². The Bertz CT molecular complexity index is 1010. The van der Waals surface area contributed by atoms with E-state index >= 15 is 0 Å². The lowest BCUT2D eigenvalue weighted by atomic mass is 9.98. The van der Waals surface area contributed by atoms with E-state index in [-0.39, 0.29) is 5.91 Å². The van der Waals surface area contributed by atoms with E-state index < -0.39 is 0 Å². The molecule has 1 amide bonds. The summed E-state index contributed by atoms with van der Waals surface area (Å²) < 4.78 is 0. The third kappa shape index (κ3) is 3.77. The highest BCUT2D eigenvalue weighted by atomic mass is 16.1. The fourth-order valence-electron chi connectivity index (χ4n) is 2.65. The van der Waals surface area contributed by atoms with E-state index in [1.165, 1.54) is 0 Å². The van der Waals surface area contributed by atoms with Gasteiger partial charge in [-0.15, -0.1) is 0 Å². The molecule has 0 aliphatic rings. The average molecular weight is 337 g/mol. The molecule has 1 N–H and O–H groups in total. The zero-order chi connectivity index (χ0) is 18.4. The molecule has 26 heavy (non-hydrogen) atoms. The van der Waals surface area contributed by atoms with Gasteiger partial charge in [0, 0.05) is 12.1 Å². The Balaban J connectivity index is 1.76. The van der Waals surface area contributed by atoms with Gasteiger partial charge in [0.15, 0.2) is 0 Å². The molecule has 0 saturated heterocycles. The molecule has 0 atom stereocenters. The first-order valence-corrected chi connectivity index (χ1v) is 8.08. The molecule has 3 rings (SSSR count). The highest BCUT2D eigenvalue weighted by Crippen LogP contribution is 2.24. The van der Waals surface area contributed by atoms with Crippen molar-refractivity contribution in [2.24, 2.45) is 0 Å². The minimum Gasteiger partial charge on any atom is -0.348 e. The summed E-state index contributed by atoms with van der Waals surface area (Å²) in [6, 6.07) is 25.9. The summed E-state index contributed by atoms with van der Waals surface area (Å²) in [5, 5.41) is 20.7. The highest BCUT2D eigenvalue weighted by molar-refractivity contribution is 5.94. The largest absolute Gasteiger partial charge is 0.348 e. The van der Waals surface area contributed by atoms with Crippen LogP contribution in [0.3, 0.4) is 0 Å². The average Bonchev–Trinajstić information content (AvgIpc) is 2.72. The van der Waals surface area contributed by atoms with Crippen molar-refractivity contribution in [2.45, 2.75) is 6.54 Å². The van der Waals surface area contributed by atoms with Gasteiger partial charge in [-0.1, -0.05) is 36.4 Å². The molecule has 0 saturated carbocycles. The Morgan fingerprint density at radius 2 is 1.38 bits per heavy atom. The number of amides is 1. The fraction of sp³-hybridized carbons (Fsp3) is 0.0455. The molecule has 0 fully saturated rings. The van der Waals surface area contributed by atoms with Crippen molar-refractivity contribution in [3.05, 3.63) is 95.1 Å². The number of carbonyl (C=O) groups is 1. The first-order chi connectivity index (χ1) is 12.7. The minimum atomic E-state index is -0.191. The number of hydrogen-bond acceptors (Lipinski definition) is 3. The quantitative estimate of drug-likeness (QED) is 0.781. The van der Waals surface area contributed by atoms with Crippen LogP contribution in [0.4, 0.5) is 0 Å². The maximum atomic E-state index is 12.3. The predicted molar refractivity (Wildman–Crippen MR) is 98.9 cm³/mol. The molecule has 0 spiro atoms. The standard InChI is InChI=1S/C22H15N3O/c23-13-16-5-9-18(10-6-16)21-4-2-1-3-20(21)15-25-22(26)19-11-7-17(14-24)8-12-19/h1-12H,15H2,(H,25,26). The molecule has 0 aromatic heterocycles. The van der Waals surface area contributed by atoms with Crippen LogP contribution in [0.5, 0.6) is 0 Å². The molecular formula is C22H15N3O. The summed E-state index contributed by atoms with van der Waals surface area (Å²) in [5.41, 5.74) is 4.64. The summed E-state index contributed by atoms with van der Waals surface area (Å²) in [4.78, 5) is 12.3. The van der Waals surface area contributed by atoms with Crippen molar-refractivity contribution in [2.75, 3.05) is 0 Å². The normalized spacial score (nSPS) is 9.77. The second kappa shape index (κ2) is 7.79. The molecule has 3 aromatic carbocycles. The van der Waals surface area contributed by atoms with Crippen LogP contribution in [-0.4, -0.2) is 5.91 Å². The Morgan fingerprint density at radius 3 is 2.00 bits per heavy atom. The SMILES string of the molecule is N#Cc1ccc(C(=O)NCc2ccccc2-c2ccc(C#N)cc2)cc1. The third-order valence-electron chi connectivity index (χ3n) is 4.06. The van der Waals surface area contributed by atoms with E-state index in [0.717, 1.165) is 16.7 Å². The van der Waals surface area contributed by atoms with Gasteiger partial charge in [0.2, 0.25) is 0 Å². The second-order valence-electron chi connectivity index (χ2n) is 5.72. The van der Waals surface area contributed by atoms with Gasteiger partial charge in [-0.2, -0.15) is 10.5 Å². The van der Waals surface area contributed by atoms with Crippen molar-refractivity contribution >= 4 is 5.91 Å². The molecule has 0 heterocycles. The molecule has 0 aliphatic carbocycles. The number of nitriles is 2. The van der Waals surface area contributed by atoms with Gasteiger partial charge in [-0.05, 0) is 53.1 Å². The molecule has 0 bridgehead atoms. The number of rotatable bonds is 4. The maximum absolute atomic E-state index is 12.3. The zero-order valence-corrected chi connectivity index (χ0v) is 13.9. The van der Waals surface area contributed by atoms with E-state index in [1.807, 2.05) is 42.5 Å². The number of benzene rings is 3. The van der Waals surface area contributed by atoms with Crippen molar-refractivity contribution < 1.29 is 4.79 Å². The van der Waals surface area contributed by atoms with E-state index in [9.17, 15) is 4.79 Å². The van der Waals surface area contributed by atoms with Gasteiger partial charge in [-0.3, -0.25) is 4.79 Å². The summed E-state index contributed by atoms with van der Waals surface area (Å²) in [6.07, 6.45) is 0. The van der Waals surface area contributed by atoms with Crippen LogP contribution in [-0.2, 0) is 6.54 Å². The van der Waals surface area contributed by atoms with Gasteiger partial charge in [0.05, 0.1) is 23.3 Å². The molecule has 0 radical (unpaired) electrons. The van der Waals surface area contributed by atoms with Crippen LogP contribution < -0.4 is 5.32 Å². The van der Waals surface area contributed by atoms with Gasteiger partial charge in [-0.25, -0.2) is 0 Å². The Morgan fingerprint density at radius 1 is 0.808 bits per heavy atom. The minimum absolute atomic E-state index is 0.191. The lowest BCUT2D eigenvalue weighted by molar-refractivity contribution is 0.0951. The van der Waals surface area contributed by atoms with Crippen molar-refractivity contribution in [3.63, 3.8) is 0 Å². The number of nitrogens with one attached hydrogen (secondary N) is 1. The summed E-state index contributed by atoms with van der Waals surface area (Å²) >= 11 is 0. The fourth-order valence-corrected chi connectivity index (χ4v) is 2.65. The van der Waals surface area contributed by atoms with Gasteiger partial charge in [0.1, 0.15) is 0 Å². The predicted octanol–water partition coefficient (Wildman–Crippen LogP) is 4.03. The van der Waals surface area contributed by atoms with Crippen LogP contribution in [0, 0.1) is 22.7 Å². The van der Waals surface area contributed by atoms with Crippen molar-refractivity contribution in [1.82, 2.24) is 5.32 Å². The maximum Gasteiger partial charge on any atom is 0.251 e. The smallest absolute Gasteiger partial charge is 0.251 e. The van der Waals surface area contributed by atoms with Crippen LogP contribution in [0.25, 0.3) is 11.1 Å². The van der Waals surface area contributed by atoms with Crippen LogP contribution >= 0.6 is 0 Å². The summed E-state index contributed by atoms with van der Waals surface area (Å²) in [6.45, 7) is 0.384. The monoisotopic (exact) mass is 337 g/mol. The summed E-state index contributed by atoms with van der Waals surface area (Å²) in [7, 11) is 0. The van der Waals surface area contributed by atoms with Crippen molar-refractivity contribution in [1.29, 1.82) is 10.5 Å². The van der Waals surface area contributed by atoms with Crippen LogP contribution in [0.2, 0.25) is 0 Å². The first-order valence-electron chi connectivity index (χ1n) is 8.08. The van der Waals surface area contributed by atoms with E-state index in [2.05, 4.69) is 11.4 Å². The molecular weight excluding hydrogens is 322 g/mol.